The van der Waals surface area contributed by atoms with Crippen LogP contribution in [-0.4, -0.2) is 48.6 Å². The fourth-order valence-corrected chi connectivity index (χ4v) is 5.88. The van der Waals surface area contributed by atoms with E-state index in [-0.39, 0.29) is 12.0 Å². The molecule has 3 heterocycles. The van der Waals surface area contributed by atoms with Crippen LogP contribution in [0.5, 0.6) is 5.75 Å². The topological polar surface area (TPSA) is 93.4 Å². The number of ether oxygens (including phenoxy) is 1. The van der Waals surface area contributed by atoms with E-state index < -0.39 is 11.4 Å². The zero-order valence-electron chi connectivity index (χ0n) is 24.5. The first-order valence-corrected chi connectivity index (χ1v) is 14.0. The normalized spacial score (nSPS) is 16.8. The van der Waals surface area contributed by atoms with Crippen LogP contribution in [0.1, 0.15) is 72.3 Å². The smallest absolute Gasteiger partial charge is 0.310 e. The van der Waals surface area contributed by atoms with E-state index in [1.165, 1.54) is 11.1 Å². The minimum Gasteiger partial charge on any atom is -0.487 e. The third kappa shape index (κ3) is 5.08. The van der Waals surface area contributed by atoms with Gasteiger partial charge in [-0.15, -0.1) is 5.10 Å². The van der Waals surface area contributed by atoms with Gasteiger partial charge in [0.15, 0.2) is 0 Å². The molecule has 0 unspecified atom stereocenters. The van der Waals surface area contributed by atoms with E-state index in [1.54, 1.807) is 4.68 Å². The third-order valence-corrected chi connectivity index (χ3v) is 8.42. The number of aryl methyl sites for hydroxylation is 4. The molecule has 1 N–H and O–H groups in total. The number of rotatable bonds is 7. The molecule has 40 heavy (non-hydrogen) atoms. The Morgan fingerprint density at radius 2 is 1.93 bits per heavy atom. The summed E-state index contributed by atoms with van der Waals surface area (Å²) in [4.78, 5) is 19.8. The summed E-state index contributed by atoms with van der Waals surface area (Å²) in [6.07, 6.45) is 0.983. The highest BCUT2D eigenvalue weighted by molar-refractivity contribution is 5.81. The molecule has 2 aromatic carbocycles. The van der Waals surface area contributed by atoms with Gasteiger partial charge in [0.1, 0.15) is 17.4 Å². The Kier molecular flexibility index (Phi) is 7.40. The molecular formula is C32H39N5O3. The van der Waals surface area contributed by atoms with E-state index >= 15 is 0 Å². The SMILES string of the molecule is CC[C@@H]1CN(Cc2cc([C@@H](c3ccc4c(nnn4C)c3C)C(C)(C)C(=O)O)ccc2C)Cc2nc(C)ccc2O1. The number of carboxylic acid groups (broad SMARTS) is 1. The highest BCUT2D eigenvalue weighted by atomic mass is 16.5. The van der Waals surface area contributed by atoms with Crippen LogP contribution in [0.3, 0.4) is 0 Å². The number of aromatic nitrogens is 4. The van der Waals surface area contributed by atoms with Crippen LogP contribution in [0.15, 0.2) is 42.5 Å². The second-order valence-electron chi connectivity index (χ2n) is 11.7. The largest absolute Gasteiger partial charge is 0.487 e. The highest BCUT2D eigenvalue weighted by Crippen LogP contribution is 2.44. The summed E-state index contributed by atoms with van der Waals surface area (Å²) in [5.41, 5.74) is 7.85. The van der Waals surface area contributed by atoms with Gasteiger partial charge in [-0.3, -0.25) is 14.7 Å². The zero-order valence-corrected chi connectivity index (χ0v) is 24.5. The Morgan fingerprint density at radius 1 is 1.15 bits per heavy atom. The predicted octanol–water partition coefficient (Wildman–Crippen LogP) is 5.70. The minimum atomic E-state index is -1.06. The standard InChI is InChI=1S/C32H39N5O3/c1-8-24-17-37(18-26-28(40-24)14-10-20(3)33-26)16-23-15-22(11-9-19(23)2)29(32(5,6)31(38)39)25-12-13-27-30(21(25)4)34-35-36(27)7/h9-15,24,29H,8,16-18H2,1-7H3,(H,38,39)/t24-,29+/m1/s1. The number of hydrogen-bond acceptors (Lipinski definition) is 6. The number of fused-ring (bicyclic) bond motifs is 2. The van der Waals surface area contributed by atoms with Crippen molar-refractivity contribution >= 4 is 17.0 Å². The first-order valence-electron chi connectivity index (χ1n) is 14.0. The second kappa shape index (κ2) is 10.7. The van der Waals surface area contributed by atoms with Gasteiger partial charge in [0, 0.05) is 38.3 Å². The molecule has 8 nitrogen and oxygen atoms in total. The van der Waals surface area contributed by atoms with Crippen molar-refractivity contribution in [2.24, 2.45) is 12.5 Å². The maximum Gasteiger partial charge on any atom is 0.310 e. The van der Waals surface area contributed by atoms with Crippen molar-refractivity contribution in [2.75, 3.05) is 6.54 Å². The molecule has 0 saturated heterocycles. The molecule has 4 aromatic rings. The van der Waals surface area contributed by atoms with Crippen molar-refractivity contribution in [3.63, 3.8) is 0 Å². The molecule has 0 bridgehead atoms. The molecule has 8 heteroatoms. The van der Waals surface area contributed by atoms with Crippen LogP contribution >= 0.6 is 0 Å². The Bertz CT molecular complexity index is 1570. The Labute approximate surface area is 236 Å². The summed E-state index contributed by atoms with van der Waals surface area (Å²) in [7, 11) is 1.87. The number of aliphatic carboxylic acids is 1. The van der Waals surface area contributed by atoms with Crippen LogP contribution in [0.4, 0.5) is 0 Å². The Hall–Kier alpha value is -3.78. The number of benzene rings is 2. The summed E-state index contributed by atoms with van der Waals surface area (Å²) in [5, 5.41) is 18.9. The minimum absolute atomic E-state index is 0.0781. The van der Waals surface area contributed by atoms with Gasteiger partial charge < -0.3 is 9.84 Å². The molecule has 5 rings (SSSR count). The fraction of sp³-hybridized carbons (Fsp3) is 0.438. The summed E-state index contributed by atoms with van der Waals surface area (Å²) < 4.78 is 8.06. The maximum absolute atomic E-state index is 12.6. The van der Waals surface area contributed by atoms with Crippen molar-refractivity contribution in [1.82, 2.24) is 24.9 Å². The number of carboxylic acids is 1. The van der Waals surface area contributed by atoms with Gasteiger partial charge in [-0.05, 0) is 87.1 Å². The van der Waals surface area contributed by atoms with Crippen LogP contribution in [0, 0.1) is 26.2 Å². The number of nitrogens with zero attached hydrogens (tertiary/aromatic N) is 5. The van der Waals surface area contributed by atoms with Gasteiger partial charge in [0.2, 0.25) is 0 Å². The predicted molar refractivity (Wildman–Crippen MR) is 155 cm³/mol. The van der Waals surface area contributed by atoms with E-state index in [0.29, 0.717) is 6.54 Å². The average molecular weight is 542 g/mol. The fourth-order valence-electron chi connectivity index (χ4n) is 5.88. The van der Waals surface area contributed by atoms with Crippen molar-refractivity contribution in [3.05, 3.63) is 81.7 Å². The van der Waals surface area contributed by atoms with E-state index in [2.05, 4.69) is 47.3 Å². The van der Waals surface area contributed by atoms with Crippen molar-refractivity contribution < 1.29 is 14.6 Å². The molecule has 0 fully saturated rings. The molecule has 0 spiro atoms. The maximum atomic E-state index is 12.6. The number of hydrogen-bond donors (Lipinski definition) is 1. The van der Waals surface area contributed by atoms with Crippen LogP contribution < -0.4 is 4.74 Å². The monoisotopic (exact) mass is 541 g/mol. The molecule has 210 valence electrons. The summed E-state index contributed by atoms with van der Waals surface area (Å²) >= 11 is 0. The lowest BCUT2D eigenvalue weighted by Gasteiger charge is -2.33. The Morgan fingerprint density at radius 3 is 2.65 bits per heavy atom. The first kappa shape index (κ1) is 27.8. The molecule has 1 aliphatic rings. The van der Waals surface area contributed by atoms with E-state index in [0.717, 1.165) is 64.4 Å². The molecule has 2 aromatic heterocycles. The van der Waals surface area contributed by atoms with Gasteiger partial charge in [-0.25, -0.2) is 4.68 Å². The molecule has 0 amide bonds. The lowest BCUT2D eigenvalue weighted by Crippen LogP contribution is -2.33. The molecule has 2 atom stereocenters. The van der Waals surface area contributed by atoms with Gasteiger partial charge in [0.25, 0.3) is 0 Å². The lowest BCUT2D eigenvalue weighted by molar-refractivity contribution is -0.147. The van der Waals surface area contributed by atoms with Crippen LogP contribution in [-0.2, 0) is 24.9 Å². The van der Waals surface area contributed by atoms with Gasteiger partial charge >= 0.3 is 5.97 Å². The van der Waals surface area contributed by atoms with E-state index in [9.17, 15) is 9.90 Å². The Balaban J connectivity index is 1.56. The van der Waals surface area contributed by atoms with E-state index in [1.807, 2.05) is 59.0 Å². The van der Waals surface area contributed by atoms with E-state index in [4.69, 9.17) is 9.72 Å². The second-order valence-corrected chi connectivity index (χ2v) is 11.7. The van der Waals surface area contributed by atoms with Crippen molar-refractivity contribution in [3.8, 4) is 5.75 Å². The third-order valence-electron chi connectivity index (χ3n) is 8.42. The van der Waals surface area contributed by atoms with Crippen LogP contribution in [0.2, 0.25) is 0 Å². The molecule has 1 aliphatic heterocycles. The zero-order chi connectivity index (χ0) is 28.8. The average Bonchev–Trinajstić information content (AvgIpc) is 3.19. The van der Waals surface area contributed by atoms with Crippen LogP contribution in [0.25, 0.3) is 11.0 Å². The molecular weight excluding hydrogens is 502 g/mol. The quantitative estimate of drug-likeness (QED) is 0.321. The lowest BCUT2D eigenvalue weighted by atomic mass is 9.69. The van der Waals surface area contributed by atoms with Crippen molar-refractivity contribution in [1.29, 1.82) is 0 Å². The van der Waals surface area contributed by atoms with Gasteiger partial charge in [0.05, 0.1) is 16.6 Å². The number of carbonyl (C=O) groups is 1. The van der Waals surface area contributed by atoms with Gasteiger partial charge in [-0.1, -0.05) is 36.4 Å². The van der Waals surface area contributed by atoms with Crippen molar-refractivity contribution in [2.45, 2.75) is 73.1 Å². The molecule has 0 radical (unpaired) electrons. The first-order chi connectivity index (χ1) is 19.0. The van der Waals surface area contributed by atoms with Gasteiger partial charge in [-0.2, -0.15) is 0 Å². The molecule has 0 aliphatic carbocycles. The number of pyridine rings is 1. The highest BCUT2D eigenvalue weighted by Gasteiger charge is 2.40. The summed E-state index contributed by atoms with van der Waals surface area (Å²) in [5.74, 6) is -0.355. The molecule has 0 saturated carbocycles. The summed E-state index contributed by atoms with van der Waals surface area (Å²) in [6, 6.07) is 14.5. The summed E-state index contributed by atoms with van der Waals surface area (Å²) in [6.45, 7) is 14.1.